The molecule has 1 heteroatoms. The van der Waals surface area contributed by atoms with Crippen LogP contribution in [-0.4, -0.2) is 0 Å². The molecule has 0 spiro atoms. The molecule has 1 unspecified atom stereocenters. The van der Waals surface area contributed by atoms with E-state index in [1.54, 1.807) is 0 Å². The Bertz CT molecular complexity index is 427. The molecule has 0 nitrogen and oxygen atoms in total. The topological polar surface area (TPSA) is 0 Å². The fourth-order valence-electron chi connectivity index (χ4n) is 1.93. The van der Waals surface area contributed by atoms with Gasteiger partial charge in [-0.2, -0.15) is 12.6 Å². The van der Waals surface area contributed by atoms with Crippen molar-refractivity contribution in [2.75, 3.05) is 0 Å². The molecule has 0 bridgehead atoms. The van der Waals surface area contributed by atoms with Crippen LogP contribution in [0.3, 0.4) is 0 Å². The van der Waals surface area contributed by atoms with E-state index in [-0.39, 0.29) is 0 Å². The number of rotatable bonds is 4. The molecule has 0 aliphatic rings. The first kappa shape index (κ1) is 18.0. The van der Waals surface area contributed by atoms with Crippen LogP contribution in [0.1, 0.15) is 44.4 Å². The first-order chi connectivity index (χ1) is 9.08. The number of thiol groups is 1. The van der Waals surface area contributed by atoms with E-state index in [0.717, 1.165) is 6.42 Å². The molecule has 1 atom stereocenters. The van der Waals surface area contributed by atoms with E-state index in [1.807, 2.05) is 26.2 Å². The van der Waals surface area contributed by atoms with Crippen LogP contribution in [0.5, 0.6) is 0 Å². The summed E-state index contributed by atoms with van der Waals surface area (Å²) in [7, 11) is 0. The average Bonchev–Trinajstić information content (AvgIpc) is 2.42. The van der Waals surface area contributed by atoms with E-state index in [4.69, 9.17) is 0 Å². The monoisotopic (exact) mass is 276 g/mol. The van der Waals surface area contributed by atoms with E-state index >= 15 is 0 Å². The smallest absolute Gasteiger partial charge is 0.0145 e. The number of hydrogen-bond donors (Lipinski definition) is 1. The van der Waals surface area contributed by atoms with Gasteiger partial charge in [-0.05, 0) is 60.8 Å². The molecule has 1 rings (SSSR count). The summed E-state index contributed by atoms with van der Waals surface area (Å²) in [5.74, 6) is 0.505. The van der Waals surface area contributed by atoms with Crippen LogP contribution in [0.25, 0.3) is 0 Å². The van der Waals surface area contributed by atoms with Gasteiger partial charge in [-0.1, -0.05) is 51.1 Å². The van der Waals surface area contributed by atoms with Crippen LogP contribution in [0.2, 0.25) is 0 Å². The summed E-state index contributed by atoms with van der Waals surface area (Å²) in [6, 6.07) is 6.72. The van der Waals surface area contributed by atoms with Gasteiger partial charge in [0.25, 0.3) is 0 Å². The van der Waals surface area contributed by atoms with Crippen molar-refractivity contribution in [3.8, 4) is 0 Å². The third-order valence-electron chi connectivity index (χ3n) is 3.19. The molecule has 0 aromatic heterocycles. The number of allylic oxidation sites excluding steroid dienone is 3. The van der Waals surface area contributed by atoms with Crippen LogP contribution >= 0.6 is 12.6 Å². The third-order valence-corrected chi connectivity index (χ3v) is 3.49. The van der Waals surface area contributed by atoms with Crippen LogP contribution < -0.4 is 0 Å². The van der Waals surface area contributed by atoms with Gasteiger partial charge in [0.2, 0.25) is 0 Å². The minimum absolute atomic E-state index is 0.505. The third kappa shape index (κ3) is 6.15. The molecule has 0 N–H and O–H groups in total. The van der Waals surface area contributed by atoms with Crippen LogP contribution in [0.4, 0.5) is 0 Å². The Morgan fingerprint density at radius 1 is 1.21 bits per heavy atom. The standard InChI is InChI=1S/C16H22S.C2H6/c1-5-6-16(11-17)14(4)10-15-8-7-12(2)13(3)9-15;1-2/h5-9,11,14,17H,10H2,1-4H3;1-2H3/b6-5-,16-11+;. The molecule has 0 radical (unpaired) electrons. The Labute approximate surface area is 125 Å². The van der Waals surface area contributed by atoms with Crippen LogP contribution in [0, 0.1) is 19.8 Å². The van der Waals surface area contributed by atoms with Crippen molar-refractivity contribution in [3.63, 3.8) is 0 Å². The van der Waals surface area contributed by atoms with Crippen LogP contribution in [-0.2, 0) is 6.42 Å². The lowest BCUT2D eigenvalue weighted by atomic mass is 9.93. The summed E-state index contributed by atoms with van der Waals surface area (Å²) in [5, 5.41) is 1.91. The highest BCUT2D eigenvalue weighted by atomic mass is 32.1. The summed E-state index contributed by atoms with van der Waals surface area (Å²) in [5.41, 5.74) is 5.42. The second-order valence-electron chi connectivity index (χ2n) is 4.65. The maximum absolute atomic E-state index is 4.28. The van der Waals surface area contributed by atoms with Crippen molar-refractivity contribution in [2.45, 2.75) is 48.0 Å². The van der Waals surface area contributed by atoms with Gasteiger partial charge < -0.3 is 0 Å². The lowest BCUT2D eigenvalue weighted by Gasteiger charge is -2.13. The number of benzene rings is 1. The largest absolute Gasteiger partial charge is 0.151 e. The first-order valence-corrected chi connectivity index (χ1v) is 7.63. The molecule has 0 saturated carbocycles. The SMILES string of the molecule is C/C=C\C(=C/S)C(C)Cc1ccc(C)c(C)c1.CC. The lowest BCUT2D eigenvalue weighted by molar-refractivity contribution is 0.694. The highest BCUT2D eigenvalue weighted by molar-refractivity contribution is 7.83. The summed E-state index contributed by atoms with van der Waals surface area (Å²) in [4.78, 5) is 0. The minimum Gasteiger partial charge on any atom is -0.151 e. The van der Waals surface area contributed by atoms with E-state index < -0.39 is 0 Å². The van der Waals surface area contributed by atoms with Crippen molar-refractivity contribution in [2.24, 2.45) is 5.92 Å². The van der Waals surface area contributed by atoms with Gasteiger partial charge in [-0.25, -0.2) is 0 Å². The second kappa shape index (κ2) is 9.91. The molecule has 1 aromatic carbocycles. The molecular formula is C18H28S. The van der Waals surface area contributed by atoms with E-state index in [1.165, 1.54) is 22.3 Å². The average molecular weight is 276 g/mol. The van der Waals surface area contributed by atoms with E-state index in [9.17, 15) is 0 Å². The maximum Gasteiger partial charge on any atom is -0.0145 e. The molecule has 0 heterocycles. The molecule has 1 aromatic rings. The van der Waals surface area contributed by atoms with Crippen LogP contribution in [0.15, 0.2) is 41.3 Å². The van der Waals surface area contributed by atoms with Crippen molar-refractivity contribution >= 4 is 12.6 Å². The Kier molecular flexibility index (Phi) is 9.42. The van der Waals surface area contributed by atoms with Gasteiger partial charge in [0, 0.05) is 0 Å². The van der Waals surface area contributed by atoms with Crippen molar-refractivity contribution < 1.29 is 0 Å². The van der Waals surface area contributed by atoms with Crippen molar-refractivity contribution in [3.05, 3.63) is 58.0 Å². The normalized spacial score (nSPS) is 13.1. The van der Waals surface area contributed by atoms with E-state index in [2.05, 4.69) is 63.8 Å². The van der Waals surface area contributed by atoms with Gasteiger partial charge in [0.1, 0.15) is 0 Å². The molecule has 106 valence electrons. The zero-order chi connectivity index (χ0) is 14.8. The predicted octanol–water partition coefficient (Wildman–Crippen LogP) is 5.90. The fourth-order valence-corrected chi connectivity index (χ4v) is 2.27. The minimum atomic E-state index is 0.505. The number of hydrogen-bond acceptors (Lipinski definition) is 1. The van der Waals surface area contributed by atoms with Gasteiger partial charge in [-0.15, -0.1) is 0 Å². The van der Waals surface area contributed by atoms with Gasteiger partial charge in [0.05, 0.1) is 0 Å². The molecule has 0 fully saturated rings. The molecule has 0 saturated heterocycles. The predicted molar refractivity (Wildman–Crippen MR) is 92.0 cm³/mol. The van der Waals surface area contributed by atoms with Gasteiger partial charge >= 0.3 is 0 Å². The quantitative estimate of drug-likeness (QED) is 0.514. The van der Waals surface area contributed by atoms with Crippen molar-refractivity contribution in [1.82, 2.24) is 0 Å². The molecule has 0 amide bonds. The molecular weight excluding hydrogens is 248 g/mol. The Hall–Kier alpha value is -0.950. The fraction of sp³-hybridized carbons (Fsp3) is 0.444. The summed E-state index contributed by atoms with van der Waals surface area (Å²) < 4.78 is 0. The highest BCUT2D eigenvalue weighted by Gasteiger charge is 2.07. The number of aryl methyl sites for hydroxylation is 2. The summed E-state index contributed by atoms with van der Waals surface area (Å²) >= 11 is 4.28. The summed E-state index contributed by atoms with van der Waals surface area (Å²) in [6.07, 6.45) is 5.27. The van der Waals surface area contributed by atoms with Crippen molar-refractivity contribution in [1.29, 1.82) is 0 Å². The Morgan fingerprint density at radius 3 is 2.32 bits per heavy atom. The van der Waals surface area contributed by atoms with Gasteiger partial charge in [0.15, 0.2) is 0 Å². The Morgan fingerprint density at radius 2 is 1.84 bits per heavy atom. The van der Waals surface area contributed by atoms with E-state index in [0.29, 0.717) is 5.92 Å². The highest BCUT2D eigenvalue weighted by Crippen LogP contribution is 2.20. The lowest BCUT2D eigenvalue weighted by Crippen LogP contribution is -2.02. The van der Waals surface area contributed by atoms with Gasteiger partial charge in [-0.3, -0.25) is 0 Å². The molecule has 19 heavy (non-hydrogen) atoms. The first-order valence-electron chi connectivity index (χ1n) is 7.11. The Balaban J connectivity index is 0.00000154. The molecule has 0 aliphatic heterocycles. The molecule has 0 aliphatic carbocycles. The second-order valence-corrected chi connectivity index (χ2v) is 4.91. The zero-order valence-electron chi connectivity index (χ0n) is 13.2. The maximum atomic E-state index is 4.28. The summed E-state index contributed by atoms with van der Waals surface area (Å²) in [6.45, 7) is 12.6. The zero-order valence-corrected chi connectivity index (χ0v) is 14.1.